The summed E-state index contributed by atoms with van der Waals surface area (Å²) in [6.45, 7) is 15.8. The zero-order valence-electron chi connectivity index (χ0n) is 29.6. The minimum Gasteiger partial charge on any atom is -0.388 e. The van der Waals surface area contributed by atoms with Gasteiger partial charge < -0.3 is 24.4 Å². The van der Waals surface area contributed by atoms with Crippen LogP contribution in [0.2, 0.25) is 0 Å². The lowest BCUT2D eigenvalue weighted by atomic mass is 9.47. The Hall–Kier alpha value is -0.110. The molecule has 5 aliphatic rings. The van der Waals surface area contributed by atoms with Crippen LogP contribution in [0.25, 0.3) is 0 Å². The van der Waals surface area contributed by atoms with Gasteiger partial charge in [0.15, 0.2) is 0 Å². The third-order valence-corrected chi connectivity index (χ3v) is 14.2. The second kappa shape index (κ2) is 15.6. The average molecular weight is 649 g/mol. The van der Waals surface area contributed by atoms with Gasteiger partial charge >= 0.3 is 0 Å². The highest BCUT2D eigenvalue weighted by atomic mass is 32.1. The third kappa shape index (κ3) is 7.88. The van der Waals surface area contributed by atoms with Gasteiger partial charge in [0.05, 0.1) is 12.2 Å². The Morgan fingerprint density at radius 1 is 0.889 bits per heavy atom. The largest absolute Gasteiger partial charge is 0.388 e. The molecule has 4 aliphatic carbocycles. The lowest BCUT2D eigenvalue weighted by Crippen LogP contribution is -2.56. The first kappa shape index (κ1) is 36.2. The van der Waals surface area contributed by atoms with Gasteiger partial charge in [-0.05, 0) is 117 Å². The van der Waals surface area contributed by atoms with Crippen molar-refractivity contribution < 1.29 is 24.4 Å². The van der Waals surface area contributed by atoms with Gasteiger partial charge in [0.2, 0.25) is 0 Å². The van der Waals surface area contributed by atoms with Crippen molar-refractivity contribution in [3.63, 3.8) is 0 Å². The Balaban J connectivity index is 1.02. The van der Waals surface area contributed by atoms with Crippen molar-refractivity contribution >= 4 is 12.6 Å². The maximum atomic E-state index is 10.3. The first-order valence-electron chi connectivity index (χ1n) is 19.1. The van der Waals surface area contributed by atoms with Gasteiger partial charge in [-0.15, -0.1) is 12.6 Å². The number of hydrogen-bond donors (Lipinski definition) is 3. The second-order valence-electron chi connectivity index (χ2n) is 17.0. The third-order valence-electron chi connectivity index (χ3n) is 13.8. The van der Waals surface area contributed by atoms with Crippen molar-refractivity contribution in [3.05, 3.63) is 11.6 Å². The minimum atomic E-state index is -0.960. The Labute approximate surface area is 281 Å². The van der Waals surface area contributed by atoms with Crippen molar-refractivity contribution in [1.29, 1.82) is 0 Å². The predicted molar refractivity (Wildman–Crippen MR) is 186 cm³/mol. The maximum absolute atomic E-state index is 10.3. The molecule has 0 aromatic carbocycles. The molecule has 0 radical (unpaired) electrons. The van der Waals surface area contributed by atoms with Crippen LogP contribution in [-0.4, -0.2) is 59.4 Å². The van der Waals surface area contributed by atoms with Crippen LogP contribution in [0, 0.1) is 46.3 Å². The van der Waals surface area contributed by atoms with E-state index in [1.165, 1.54) is 64.2 Å². The average Bonchev–Trinajstić information content (AvgIpc) is 3.36. The number of rotatable bonds is 14. The lowest BCUT2D eigenvalue weighted by Gasteiger charge is -2.58. The number of ether oxygens (including phenoxy) is 3. The quantitative estimate of drug-likeness (QED) is 0.0999. The van der Waals surface area contributed by atoms with E-state index in [9.17, 15) is 10.2 Å². The summed E-state index contributed by atoms with van der Waals surface area (Å²) in [7, 11) is 0. The van der Waals surface area contributed by atoms with Crippen LogP contribution in [0.3, 0.4) is 0 Å². The molecule has 0 spiro atoms. The zero-order chi connectivity index (χ0) is 32.4. The fourth-order valence-corrected chi connectivity index (χ4v) is 11.5. The van der Waals surface area contributed by atoms with Crippen molar-refractivity contribution in [2.75, 3.05) is 13.2 Å². The summed E-state index contributed by atoms with van der Waals surface area (Å²) in [6.07, 6.45) is 19.4. The van der Waals surface area contributed by atoms with Crippen LogP contribution >= 0.6 is 12.6 Å². The summed E-state index contributed by atoms with van der Waals surface area (Å²) < 4.78 is 17.9. The molecule has 45 heavy (non-hydrogen) atoms. The highest BCUT2D eigenvalue weighted by Gasteiger charge is 2.59. The normalized spacial score (nSPS) is 43.8. The molecule has 1 aliphatic heterocycles. The monoisotopic (exact) mass is 648 g/mol. The van der Waals surface area contributed by atoms with Crippen LogP contribution in [0.4, 0.5) is 0 Å². The number of aliphatic hydroxyl groups excluding tert-OH is 2. The van der Waals surface area contributed by atoms with Gasteiger partial charge in [-0.3, -0.25) is 0 Å². The number of allylic oxidation sites excluding steroid dienone is 1. The number of unbranched alkanes of at least 4 members (excludes halogenated alkanes) is 3. The van der Waals surface area contributed by atoms with E-state index in [1.807, 2.05) is 0 Å². The topological polar surface area (TPSA) is 68.2 Å². The SMILES string of the molecule is CC(C)CCC[C@@H](C)[C@H]1CC[C@H]2[C@@H]3CC=C4CC(OCCCCCCO[C@@H]5[C@@H](O)[C@@H](O)[C@@H](C)O[C@H]5S)CC[C@]4(C)[C@H]3CC[C@]12C. The molecule has 13 atom stereocenters. The first-order valence-corrected chi connectivity index (χ1v) is 19.6. The number of thiol groups is 1. The second-order valence-corrected chi connectivity index (χ2v) is 17.5. The molecule has 2 N–H and O–H groups in total. The zero-order valence-corrected chi connectivity index (χ0v) is 30.5. The summed E-state index contributed by atoms with van der Waals surface area (Å²) in [6, 6.07) is 0. The maximum Gasteiger partial charge on any atom is 0.129 e. The Morgan fingerprint density at radius 3 is 2.36 bits per heavy atom. The molecule has 0 bridgehead atoms. The van der Waals surface area contributed by atoms with Crippen LogP contribution in [-0.2, 0) is 14.2 Å². The molecule has 1 unspecified atom stereocenters. The standard InChI is InChI=1S/C39H68O5S/c1-25(2)12-11-13-26(3)31-16-17-32-30-15-14-28-24-29(18-20-38(28,5)33(30)19-21-39(31,32)6)42-22-9-7-8-10-23-43-36-35(41)34(40)27(4)44-37(36)45/h14,25-27,29-37,40-41,45H,7-13,15-24H2,1-6H3/t26-,27-,29?,30+,31-,32+,33+,34+,35+,36-,37+,38+,39-/m1/s1. The van der Waals surface area contributed by atoms with Crippen LogP contribution in [0.15, 0.2) is 11.6 Å². The lowest BCUT2D eigenvalue weighted by molar-refractivity contribution is -0.207. The molecule has 1 saturated heterocycles. The molecule has 0 aromatic rings. The summed E-state index contributed by atoms with van der Waals surface area (Å²) in [4.78, 5) is 0. The number of hydrogen-bond acceptors (Lipinski definition) is 6. The molecule has 5 rings (SSSR count). The summed E-state index contributed by atoms with van der Waals surface area (Å²) in [5.41, 5.74) is 2.17. The van der Waals surface area contributed by atoms with E-state index < -0.39 is 29.9 Å². The fraction of sp³-hybridized carbons (Fsp3) is 0.949. The highest BCUT2D eigenvalue weighted by Crippen LogP contribution is 2.67. The molecule has 5 nitrogen and oxygen atoms in total. The van der Waals surface area contributed by atoms with Crippen LogP contribution < -0.4 is 0 Å². The van der Waals surface area contributed by atoms with E-state index in [1.54, 1.807) is 12.5 Å². The van der Waals surface area contributed by atoms with E-state index in [-0.39, 0.29) is 0 Å². The van der Waals surface area contributed by atoms with Gasteiger partial charge in [0, 0.05) is 13.2 Å². The van der Waals surface area contributed by atoms with Crippen molar-refractivity contribution in [3.8, 4) is 0 Å². The van der Waals surface area contributed by atoms with Crippen molar-refractivity contribution in [1.82, 2.24) is 0 Å². The minimum absolute atomic E-state index is 0.384. The van der Waals surface area contributed by atoms with Gasteiger partial charge in [-0.1, -0.05) is 78.4 Å². The predicted octanol–water partition coefficient (Wildman–Crippen LogP) is 8.76. The van der Waals surface area contributed by atoms with Crippen LogP contribution in [0.1, 0.15) is 138 Å². The van der Waals surface area contributed by atoms with Gasteiger partial charge in [-0.25, -0.2) is 0 Å². The summed E-state index contributed by atoms with van der Waals surface area (Å²) in [5, 5.41) is 20.4. The van der Waals surface area contributed by atoms with Gasteiger partial charge in [-0.2, -0.15) is 0 Å². The fourth-order valence-electron chi connectivity index (χ4n) is 11.0. The molecule has 0 aromatic heterocycles. The summed E-state index contributed by atoms with van der Waals surface area (Å²) >= 11 is 4.40. The Morgan fingerprint density at radius 2 is 1.62 bits per heavy atom. The Bertz CT molecular complexity index is 971. The molecule has 260 valence electrons. The van der Waals surface area contributed by atoms with Gasteiger partial charge in [0.25, 0.3) is 0 Å². The molecular formula is C39H68O5S. The highest BCUT2D eigenvalue weighted by molar-refractivity contribution is 7.80. The molecule has 4 fully saturated rings. The number of fused-ring (bicyclic) bond motifs is 5. The van der Waals surface area contributed by atoms with E-state index >= 15 is 0 Å². The van der Waals surface area contributed by atoms with E-state index in [2.05, 4.69) is 53.3 Å². The molecule has 1 heterocycles. The smallest absolute Gasteiger partial charge is 0.129 e. The van der Waals surface area contributed by atoms with Crippen molar-refractivity contribution in [2.45, 2.75) is 174 Å². The molecule has 0 amide bonds. The van der Waals surface area contributed by atoms with Crippen LogP contribution in [0.5, 0.6) is 0 Å². The first-order chi connectivity index (χ1) is 21.5. The van der Waals surface area contributed by atoms with E-state index in [4.69, 9.17) is 14.2 Å². The molecular weight excluding hydrogens is 580 g/mol. The van der Waals surface area contributed by atoms with Gasteiger partial charge in [0.1, 0.15) is 23.7 Å². The van der Waals surface area contributed by atoms with E-state index in [0.29, 0.717) is 23.5 Å². The van der Waals surface area contributed by atoms with E-state index in [0.717, 1.165) is 74.2 Å². The molecule has 3 saturated carbocycles. The number of aliphatic hydroxyl groups is 2. The molecule has 6 heteroatoms. The van der Waals surface area contributed by atoms with Crippen molar-refractivity contribution in [2.24, 2.45) is 46.3 Å². The summed E-state index contributed by atoms with van der Waals surface area (Å²) in [5.74, 6) is 5.35. The Kier molecular flexibility index (Phi) is 12.6.